The van der Waals surface area contributed by atoms with E-state index in [1.165, 1.54) is 0 Å². The van der Waals surface area contributed by atoms with Gasteiger partial charge in [0.15, 0.2) is 0 Å². The van der Waals surface area contributed by atoms with E-state index < -0.39 is 0 Å². The first-order chi connectivity index (χ1) is 6.40. The number of rotatable bonds is 2. The lowest BCUT2D eigenvalue weighted by molar-refractivity contribution is -0.120. The predicted molar refractivity (Wildman–Crippen MR) is 48.4 cm³/mol. The van der Waals surface area contributed by atoms with Crippen LogP contribution in [-0.4, -0.2) is 11.5 Å². The van der Waals surface area contributed by atoms with E-state index >= 15 is 0 Å². The molecule has 0 unspecified atom stereocenters. The SMILES string of the molecule is O=COc1ccc2ccccc2n1. The zero-order valence-corrected chi connectivity index (χ0v) is 6.81. The van der Waals surface area contributed by atoms with E-state index in [4.69, 9.17) is 0 Å². The average Bonchev–Trinajstić information content (AvgIpc) is 2.18. The number of hydrogen-bond acceptors (Lipinski definition) is 3. The smallest absolute Gasteiger partial charge is 0.299 e. The van der Waals surface area contributed by atoms with Gasteiger partial charge in [0.1, 0.15) is 0 Å². The van der Waals surface area contributed by atoms with Gasteiger partial charge in [-0.25, -0.2) is 4.98 Å². The van der Waals surface area contributed by atoms with Crippen molar-refractivity contribution >= 4 is 17.4 Å². The monoisotopic (exact) mass is 173 g/mol. The molecule has 1 aromatic heterocycles. The Morgan fingerprint density at radius 2 is 2.00 bits per heavy atom. The first-order valence-electron chi connectivity index (χ1n) is 3.86. The van der Waals surface area contributed by atoms with Crippen molar-refractivity contribution < 1.29 is 9.53 Å². The fraction of sp³-hybridized carbons (Fsp3) is 0. The van der Waals surface area contributed by atoms with Crippen molar-refractivity contribution in [3.8, 4) is 5.88 Å². The van der Waals surface area contributed by atoms with Gasteiger partial charge in [-0.05, 0) is 12.1 Å². The van der Waals surface area contributed by atoms with E-state index in [9.17, 15) is 4.79 Å². The van der Waals surface area contributed by atoms with Crippen molar-refractivity contribution in [2.45, 2.75) is 0 Å². The summed E-state index contributed by atoms with van der Waals surface area (Å²) < 4.78 is 4.62. The molecule has 0 aliphatic heterocycles. The molecule has 2 aromatic rings. The van der Waals surface area contributed by atoms with E-state index in [0.717, 1.165) is 10.9 Å². The minimum Gasteiger partial charge on any atom is -0.410 e. The van der Waals surface area contributed by atoms with Gasteiger partial charge >= 0.3 is 0 Å². The highest BCUT2D eigenvalue weighted by Crippen LogP contribution is 2.15. The van der Waals surface area contributed by atoms with Crippen LogP contribution in [-0.2, 0) is 4.79 Å². The summed E-state index contributed by atoms with van der Waals surface area (Å²) in [5.74, 6) is 0.328. The number of aromatic nitrogens is 1. The fourth-order valence-electron chi connectivity index (χ4n) is 1.16. The Kier molecular flexibility index (Phi) is 1.92. The maximum atomic E-state index is 10.0. The second kappa shape index (κ2) is 3.23. The number of hydrogen-bond donors (Lipinski definition) is 0. The minimum atomic E-state index is 0.328. The molecule has 1 heterocycles. The molecule has 2 rings (SSSR count). The maximum absolute atomic E-state index is 10.0. The molecule has 0 saturated heterocycles. The molecule has 0 aliphatic carbocycles. The molecule has 0 atom stereocenters. The largest absolute Gasteiger partial charge is 0.410 e. The van der Waals surface area contributed by atoms with E-state index in [-0.39, 0.29) is 0 Å². The Labute approximate surface area is 75.0 Å². The van der Waals surface area contributed by atoms with Gasteiger partial charge in [-0.3, -0.25) is 4.79 Å². The number of ether oxygens (including phenoxy) is 1. The van der Waals surface area contributed by atoms with Crippen molar-refractivity contribution in [3.63, 3.8) is 0 Å². The maximum Gasteiger partial charge on any atom is 0.299 e. The molecular formula is C10H7NO2. The molecule has 64 valence electrons. The molecule has 0 spiro atoms. The average molecular weight is 173 g/mol. The molecule has 3 heteroatoms. The fourth-order valence-corrected chi connectivity index (χ4v) is 1.16. The second-order valence-corrected chi connectivity index (χ2v) is 2.56. The topological polar surface area (TPSA) is 39.2 Å². The van der Waals surface area contributed by atoms with Gasteiger partial charge in [0.2, 0.25) is 5.88 Å². The zero-order chi connectivity index (χ0) is 9.10. The molecular weight excluding hydrogens is 166 g/mol. The summed E-state index contributed by atoms with van der Waals surface area (Å²) in [6.45, 7) is 0.372. The highest BCUT2D eigenvalue weighted by molar-refractivity contribution is 5.78. The third kappa shape index (κ3) is 1.49. The Hall–Kier alpha value is -1.90. The van der Waals surface area contributed by atoms with Crippen LogP contribution in [0.5, 0.6) is 5.88 Å². The van der Waals surface area contributed by atoms with Crippen LogP contribution in [0.4, 0.5) is 0 Å². The molecule has 0 amide bonds. The molecule has 0 saturated carbocycles. The van der Waals surface area contributed by atoms with E-state index in [0.29, 0.717) is 12.4 Å². The molecule has 1 aromatic carbocycles. The van der Waals surface area contributed by atoms with Crippen LogP contribution in [0.3, 0.4) is 0 Å². The molecule has 3 nitrogen and oxygen atoms in total. The lowest BCUT2D eigenvalue weighted by Gasteiger charge is -1.98. The Morgan fingerprint density at radius 3 is 2.85 bits per heavy atom. The summed E-state index contributed by atoms with van der Waals surface area (Å²) in [5.41, 5.74) is 0.821. The van der Waals surface area contributed by atoms with E-state index in [1.807, 2.05) is 30.3 Å². The summed E-state index contributed by atoms with van der Waals surface area (Å²) in [5, 5.41) is 1.03. The van der Waals surface area contributed by atoms with Gasteiger partial charge < -0.3 is 4.74 Å². The van der Waals surface area contributed by atoms with Gasteiger partial charge in [-0.1, -0.05) is 18.2 Å². The number of carbonyl (C=O) groups is 1. The van der Waals surface area contributed by atoms with Crippen LogP contribution in [0.1, 0.15) is 0 Å². The summed E-state index contributed by atoms with van der Waals surface area (Å²) in [4.78, 5) is 14.2. The third-order valence-corrected chi connectivity index (χ3v) is 1.74. The molecule has 0 bridgehead atoms. The van der Waals surface area contributed by atoms with Crippen molar-refractivity contribution in [2.75, 3.05) is 0 Å². The van der Waals surface area contributed by atoms with E-state index in [2.05, 4.69) is 9.72 Å². The molecule has 0 fully saturated rings. The number of carbonyl (C=O) groups excluding carboxylic acids is 1. The first-order valence-corrected chi connectivity index (χ1v) is 3.86. The van der Waals surface area contributed by atoms with Gasteiger partial charge in [-0.2, -0.15) is 0 Å². The van der Waals surface area contributed by atoms with Crippen molar-refractivity contribution in [1.82, 2.24) is 4.98 Å². The van der Waals surface area contributed by atoms with Gasteiger partial charge in [0.05, 0.1) is 5.52 Å². The Bertz CT molecular complexity index is 440. The molecule has 13 heavy (non-hydrogen) atoms. The number of fused-ring (bicyclic) bond motifs is 1. The lowest BCUT2D eigenvalue weighted by atomic mass is 10.2. The zero-order valence-electron chi connectivity index (χ0n) is 6.81. The first kappa shape index (κ1) is 7.73. The van der Waals surface area contributed by atoms with Crippen LogP contribution < -0.4 is 4.74 Å². The number of benzene rings is 1. The van der Waals surface area contributed by atoms with Crippen LogP contribution in [0.25, 0.3) is 10.9 Å². The quantitative estimate of drug-likeness (QED) is 0.649. The van der Waals surface area contributed by atoms with E-state index in [1.54, 1.807) is 6.07 Å². The predicted octanol–water partition coefficient (Wildman–Crippen LogP) is 1.77. The van der Waals surface area contributed by atoms with Crippen LogP contribution >= 0.6 is 0 Å². The van der Waals surface area contributed by atoms with Crippen LogP contribution in [0.2, 0.25) is 0 Å². The summed E-state index contributed by atoms with van der Waals surface area (Å²) >= 11 is 0. The molecule has 0 aliphatic rings. The summed E-state index contributed by atoms with van der Waals surface area (Å²) in [7, 11) is 0. The normalized spacial score (nSPS) is 9.85. The van der Waals surface area contributed by atoms with Gasteiger partial charge in [0.25, 0.3) is 6.47 Å². The van der Waals surface area contributed by atoms with Crippen molar-refractivity contribution in [1.29, 1.82) is 0 Å². The van der Waals surface area contributed by atoms with Gasteiger partial charge in [-0.15, -0.1) is 0 Å². The Morgan fingerprint density at radius 1 is 1.15 bits per heavy atom. The third-order valence-electron chi connectivity index (χ3n) is 1.74. The summed E-state index contributed by atoms with van der Waals surface area (Å²) in [6.07, 6.45) is 0. The molecule has 0 radical (unpaired) electrons. The standard InChI is InChI=1S/C10H7NO2/c12-7-13-10-6-5-8-3-1-2-4-9(8)11-10/h1-7H. The molecule has 0 N–H and O–H groups in total. The van der Waals surface area contributed by atoms with Crippen molar-refractivity contribution in [2.24, 2.45) is 0 Å². The highest BCUT2D eigenvalue weighted by atomic mass is 16.5. The van der Waals surface area contributed by atoms with Gasteiger partial charge in [0, 0.05) is 11.5 Å². The minimum absolute atomic E-state index is 0.328. The number of nitrogens with zero attached hydrogens (tertiary/aromatic N) is 1. The lowest BCUT2D eigenvalue weighted by Crippen LogP contribution is -1.91. The number of para-hydroxylation sites is 1. The second-order valence-electron chi connectivity index (χ2n) is 2.56. The Balaban J connectivity index is 2.55. The van der Waals surface area contributed by atoms with Crippen LogP contribution in [0.15, 0.2) is 36.4 Å². The van der Waals surface area contributed by atoms with Crippen LogP contribution in [0, 0.1) is 0 Å². The highest BCUT2D eigenvalue weighted by Gasteiger charge is 1.96. The summed E-state index contributed by atoms with van der Waals surface area (Å²) in [6, 6.07) is 11.2. The van der Waals surface area contributed by atoms with Crippen molar-refractivity contribution in [3.05, 3.63) is 36.4 Å². The number of pyridine rings is 1.